The van der Waals surface area contributed by atoms with Gasteiger partial charge in [-0.05, 0) is 48.3 Å². The zero-order valence-corrected chi connectivity index (χ0v) is 13.2. The van der Waals surface area contributed by atoms with Crippen LogP contribution in [0.2, 0.25) is 5.02 Å². The first-order chi connectivity index (χ1) is 9.43. The second-order valence-electron chi connectivity index (χ2n) is 6.93. The molecule has 2 bridgehead atoms. The highest BCUT2D eigenvalue weighted by atomic mass is 35.5. The lowest BCUT2D eigenvalue weighted by Crippen LogP contribution is -2.32. The van der Waals surface area contributed by atoms with E-state index in [1.54, 1.807) is 0 Å². The van der Waals surface area contributed by atoms with E-state index in [2.05, 4.69) is 25.9 Å². The fraction of sp³-hybridized carbons (Fsp3) is 0.588. The van der Waals surface area contributed by atoms with Gasteiger partial charge in [0.15, 0.2) is 0 Å². The molecule has 0 aliphatic heterocycles. The third-order valence-electron chi connectivity index (χ3n) is 5.81. The van der Waals surface area contributed by atoms with Crippen LogP contribution >= 0.6 is 11.6 Å². The van der Waals surface area contributed by atoms with Gasteiger partial charge in [-0.3, -0.25) is 0 Å². The van der Waals surface area contributed by atoms with Crippen LogP contribution in [0.4, 0.5) is 0 Å². The lowest BCUT2D eigenvalue weighted by molar-refractivity contribution is 0.123. The molecule has 0 spiro atoms. The smallest absolute Gasteiger partial charge is 0.142 e. The molecule has 3 rings (SSSR count). The highest BCUT2D eigenvalue weighted by Crippen LogP contribution is 2.63. The van der Waals surface area contributed by atoms with E-state index in [0.717, 1.165) is 22.9 Å². The maximum atomic E-state index is 5.97. The predicted octanol–water partition coefficient (Wildman–Crippen LogP) is 5.06. The molecule has 108 valence electrons. The van der Waals surface area contributed by atoms with E-state index < -0.39 is 0 Å². The third kappa shape index (κ3) is 2.05. The van der Waals surface area contributed by atoms with Crippen molar-refractivity contribution in [1.82, 2.24) is 0 Å². The molecule has 3 heteroatoms. The first-order valence-corrected chi connectivity index (χ1v) is 7.75. The SMILES string of the molecule is CC12CCC(CC1=NOCc1cccc(Cl)c1)C2(C)C. The first kappa shape index (κ1) is 13.9. The van der Waals surface area contributed by atoms with E-state index in [4.69, 9.17) is 16.4 Å². The highest BCUT2D eigenvalue weighted by molar-refractivity contribution is 6.30. The van der Waals surface area contributed by atoms with E-state index in [1.165, 1.54) is 18.6 Å². The number of oxime groups is 1. The maximum absolute atomic E-state index is 5.97. The molecule has 0 heterocycles. The van der Waals surface area contributed by atoms with Crippen LogP contribution in [0.25, 0.3) is 0 Å². The summed E-state index contributed by atoms with van der Waals surface area (Å²) < 4.78 is 0. The number of hydrogen-bond donors (Lipinski definition) is 0. The molecule has 1 aromatic carbocycles. The Morgan fingerprint density at radius 3 is 2.75 bits per heavy atom. The van der Waals surface area contributed by atoms with Gasteiger partial charge in [-0.25, -0.2) is 0 Å². The number of benzene rings is 1. The van der Waals surface area contributed by atoms with Crippen LogP contribution in [0.5, 0.6) is 0 Å². The number of halogens is 1. The van der Waals surface area contributed by atoms with Gasteiger partial charge in [0.05, 0.1) is 5.71 Å². The van der Waals surface area contributed by atoms with Gasteiger partial charge < -0.3 is 4.84 Å². The van der Waals surface area contributed by atoms with Crippen LogP contribution in [0.3, 0.4) is 0 Å². The third-order valence-corrected chi connectivity index (χ3v) is 6.04. The van der Waals surface area contributed by atoms with Gasteiger partial charge >= 0.3 is 0 Å². The summed E-state index contributed by atoms with van der Waals surface area (Å²) in [6.45, 7) is 7.60. The molecule has 2 saturated carbocycles. The van der Waals surface area contributed by atoms with Crippen molar-refractivity contribution in [1.29, 1.82) is 0 Å². The van der Waals surface area contributed by atoms with Gasteiger partial charge in [0, 0.05) is 10.4 Å². The van der Waals surface area contributed by atoms with Crippen LogP contribution in [-0.2, 0) is 11.4 Å². The van der Waals surface area contributed by atoms with Crippen LogP contribution in [0.15, 0.2) is 29.4 Å². The Morgan fingerprint density at radius 2 is 2.15 bits per heavy atom. The second kappa shape index (κ2) is 4.77. The number of rotatable bonds is 3. The average molecular weight is 292 g/mol. The Kier molecular flexibility index (Phi) is 3.32. The lowest BCUT2D eigenvalue weighted by atomic mass is 9.70. The van der Waals surface area contributed by atoms with E-state index in [1.807, 2.05) is 24.3 Å². The Bertz CT molecular complexity index is 552. The maximum Gasteiger partial charge on any atom is 0.142 e. The van der Waals surface area contributed by atoms with Crippen molar-refractivity contribution in [3.63, 3.8) is 0 Å². The van der Waals surface area contributed by atoms with Gasteiger partial charge in [-0.15, -0.1) is 0 Å². The summed E-state index contributed by atoms with van der Waals surface area (Å²) in [5, 5.41) is 5.21. The van der Waals surface area contributed by atoms with Crippen molar-refractivity contribution in [3.05, 3.63) is 34.9 Å². The van der Waals surface area contributed by atoms with Crippen molar-refractivity contribution in [2.75, 3.05) is 0 Å². The Morgan fingerprint density at radius 1 is 1.35 bits per heavy atom. The molecule has 1 aromatic rings. The Hall–Kier alpha value is -1.02. The Balaban J connectivity index is 1.69. The quantitative estimate of drug-likeness (QED) is 0.713. The summed E-state index contributed by atoms with van der Waals surface area (Å²) in [5.74, 6) is 0.765. The topological polar surface area (TPSA) is 21.6 Å². The molecule has 2 nitrogen and oxygen atoms in total. The summed E-state index contributed by atoms with van der Waals surface area (Å²) >= 11 is 5.97. The Labute approximate surface area is 126 Å². The van der Waals surface area contributed by atoms with E-state index in [9.17, 15) is 0 Å². The molecule has 2 unspecified atom stereocenters. The van der Waals surface area contributed by atoms with Gasteiger partial charge in [0.1, 0.15) is 6.61 Å². The molecule has 0 saturated heterocycles. The van der Waals surface area contributed by atoms with E-state index >= 15 is 0 Å². The molecular weight excluding hydrogens is 270 g/mol. The van der Waals surface area contributed by atoms with E-state index in [-0.39, 0.29) is 5.41 Å². The second-order valence-corrected chi connectivity index (χ2v) is 7.37. The number of fused-ring (bicyclic) bond motifs is 2. The molecular formula is C17H22ClNO. The van der Waals surface area contributed by atoms with Gasteiger partial charge in [0.2, 0.25) is 0 Å². The highest BCUT2D eigenvalue weighted by Gasteiger charge is 2.60. The zero-order chi connectivity index (χ0) is 14.4. The first-order valence-electron chi connectivity index (χ1n) is 7.37. The van der Waals surface area contributed by atoms with Crippen molar-refractivity contribution in [2.45, 2.75) is 46.6 Å². The number of hydrogen-bond acceptors (Lipinski definition) is 2. The fourth-order valence-corrected chi connectivity index (χ4v) is 4.09. The van der Waals surface area contributed by atoms with Gasteiger partial charge in [0.25, 0.3) is 0 Å². The average Bonchev–Trinajstić information content (AvgIpc) is 2.72. The molecule has 2 aliphatic carbocycles. The molecule has 2 atom stereocenters. The normalized spacial score (nSPS) is 32.8. The molecule has 0 amide bonds. The fourth-order valence-electron chi connectivity index (χ4n) is 3.88. The minimum Gasteiger partial charge on any atom is -0.391 e. The molecule has 0 aromatic heterocycles. The lowest BCUT2D eigenvalue weighted by Gasteiger charge is -2.34. The monoisotopic (exact) mass is 291 g/mol. The van der Waals surface area contributed by atoms with Crippen LogP contribution < -0.4 is 0 Å². The number of nitrogens with zero attached hydrogens (tertiary/aromatic N) is 1. The van der Waals surface area contributed by atoms with Gasteiger partial charge in [-0.1, -0.05) is 49.7 Å². The minimum atomic E-state index is 0.214. The zero-order valence-electron chi connectivity index (χ0n) is 12.4. The largest absolute Gasteiger partial charge is 0.391 e. The summed E-state index contributed by atoms with van der Waals surface area (Å²) in [5.41, 5.74) is 2.88. The van der Waals surface area contributed by atoms with Crippen molar-refractivity contribution in [2.24, 2.45) is 21.9 Å². The predicted molar refractivity (Wildman–Crippen MR) is 82.9 cm³/mol. The van der Waals surface area contributed by atoms with Crippen LogP contribution in [-0.4, -0.2) is 5.71 Å². The summed E-state index contributed by atoms with van der Waals surface area (Å²) in [6.07, 6.45) is 3.67. The van der Waals surface area contributed by atoms with Crippen molar-refractivity contribution < 1.29 is 4.84 Å². The summed E-state index contributed by atoms with van der Waals surface area (Å²) in [6, 6.07) is 7.75. The summed E-state index contributed by atoms with van der Waals surface area (Å²) in [4.78, 5) is 5.60. The molecule has 0 N–H and O–H groups in total. The minimum absolute atomic E-state index is 0.214. The van der Waals surface area contributed by atoms with Crippen LogP contribution in [0.1, 0.15) is 45.6 Å². The molecule has 0 radical (unpaired) electrons. The van der Waals surface area contributed by atoms with Crippen molar-refractivity contribution in [3.8, 4) is 0 Å². The standard InChI is InChI=1S/C17H22ClNO/c1-16(2)13-7-8-17(16,3)15(10-13)19-20-11-12-5-4-6-14(18)9-12/h4-6,9,13H,7-8,10-11H2,1-3H3. The van der Waals surface area contributed by atoms with Gasteiger partial charge in [-0.2, -0.15) is 0 Å². The molecule has 2 fully saturated rings. The summed E-state index contributed by atoms with van der Waals surface area (Å²) in [7, 11) is 0. The van der Waals surface area contributed by atoms with Crippen molar-refractivity contribution >= 4 is 17.3 Å². The van der Waals surface area contributed by atoms with Crippen LogP contribution in [0, 0.1) is 16.7 Å². The van der Waals surface area contributed by atoms with E-state index in [0.29, 0.717) is 12.0 Å². The molecule has 20 heavy (non-hydrogen) atoms. The molecule has 2 aliphatic rings.